The van der Waals surface area contributed by atoms with E-state index < -0.39 is 11.9 Å². The van der Waals surface area contributed by atoms with Gasteiger partial charge in [0.25, 0.3) is 0 Å². The highest BCUT2D eigenvalue weighted by Crippen LogP contribution is 2.47. The number of fused-ring (bicyclic) bond motifs is 2. The molecule has 0 spiro atoms. The molecule has 1 heterocycles. The predicted octanol–water partition coefficient (Wildman–Crippen LogP) is 5.66. The average molecular weight is 472 g/mol. The molecule has 0 bridgehead atoms. The normalized spacial score (nSPS) is 16.7. The van der Waals surface area contributed by atoms with E-state index in [1.165, 1.54) is 7.11 Å². The maximum atomic E-state index is 13.5. The average Bonchev–Trinajstić information content (AvgIpc) is 3.14. The summed E-state index contributed by atoms with van der Waals surface area (Å²) in [5, 5.41) is 3.68. The van der Waals surface area contributed by atoms with E-state index in [-0.39, 0.29) is 5.78 Å². The molecule has 0 fully saturated rings. The Labute approximate surface area is 202 Å². The zero-order valence-electron chi connectivity index (χ0n) is 18.7. The quantitative estimate of drug-likeness (QED) is 0.486. The Kier molecular flexibility index (Phi) is 5.72. The van der Waals surface area contributed by atoms with E-state index in [0.717, 1.165) is 16.8 Å². The maximum absolute atomic E-state index is 13.5. The van der Waals surface area contributed by atoms with Crippen LogP contribution in [-0.2, 0) is 16.1 Å². The van der Waals surface area contributed by atoms with E-state index in [1.807, 2.05) is 61.5 Å². The van der Waals surface area contributed by atoms with Gasteiger partial charge in [-0.1, -0.05) is 72.3 Å². The molecule has 170 valence electrons. The summed E-state index contributed by atoms with van der Waals surface area (Å²) >= 11 is 6.61. The minimum Gasteiger partial charge on any atom is -0.487 e. The zero-order chi connectivity index (χ0) is 23.8. The molecule has 34 heavy (non-hydrogen) atoms. The molecule has 5 nitrogen and oxygen atoms in total. The summed E-state index contributed by atoms with van der Waals surface area (Å²) in [6, 6.07) is 22.6. The lowest BCUT2D eigenvalue weighted by molar-refractivity contribution is -0.136. The van der Waals surface area contributed by atoms with E-state index in [2.05, 4.69) is 5.32 Å². The molecule has 2 aliphatic rings. The number of carbonyl (C=O) groups excluding carboxylic acids is 2. The molecule has 1 N–H and O–H groups in total. The number of Topliss-reactive ketones (excluding diaryl/α,β-unsaturated/α-hetero) is 1. The lowest BCUT2D eigenvalue weighted by atomic mass is 9.80. The lowest BCUT2D eigenvalue weighted by Gasteiger charge is -2.29. The first kappa shape index (κ1) is 22.0. The van der Waals surface area contributed by atoms with E-state index >= 15 is 0 Å². The van der Waals surface area contributed by atoms with Crippen LogP contribution in [-0.4, -0.2) is 18.9 Å². The molecule has 3 aromatic rings. The van der Waals surface area contributed by atoms with Crippen LogP contribution in [0.1, 0.15) is 39.9 Å². The van der Waals surface area contributed by atoms with Crippen LogP contribution in [0.5, 0.6) is 5.75 Å². The number of hydrogen-bond donors (Lipinski definition) is 1. The fourth-order valence-corrected chi connectivity index (χ4v) is 4.84. The number of ketones is 1. The Bertz CT molecular complexity index is 1370. The van der Waals surface area contributed by atoms with E-state index in [0.29, 0.717) is 45.3 Å². The Hall–Kier alpha value is -3.83. The van der Waals surface area contributed by atoms with Crippen LogP contribution in [0.2, 0.25) is 5.02 Å². The summed E-state index contributed by atoms with van der Waals surface area (Å²) in [7, 11) is 1.34. The summed E-state index contributed by atoms with van der Waals surface area (Å²) in [6.07, 6.45) is 0. The summed E-state index contributed by atoms with van der Waals surface area (Å²) < 4.78 is 11.0. The van der Waals surface area contributed by atoms with Crippen molar-refractivity contribution in [2.75, 3.05) is 7.11 Å². The Morgan fingerprint density at radius 2 is 1.71 bits per heavy atom. The first-order valence-corrected chi connectivity index (χ1v) is 11.3. The predicted molar refractivity (Wildman–Crippen MR) is 131 cm³/mol. The molecule has 0 unspecified atom stereocenters. The number of dihydropyridines is 1. The highest BCUT2D eigenvalue weighted by molar-refractivity contribution is 6.32. The number of nitrogens with one attached hydrogen (secondary N) is 1. The number of rotatable bonds is 5. The molecule has 0 aromatic heterocycles. The smallest absolute Gasteiger partial charge is 0.336 e. The van der Waals surface area contributed by atoms with E-state index in [1.54, 1.807) is 18.2 Å². The second-order valence-electron chi connectivity index (χ2n) is 8.22. The van der Waals surface area contributed by atoms with Gasteiger partial charge in [0.1, 0.15) is 12.4 Å². The molecule has 1 aliphatic heterocycles. The van der Waals surface area contributed by atoms with Crippen LogP contribution in [0.15, 0.2) is 89.6 Å². The standard InChI is InChI=1S/C28H22ClNO4/c1-16-23(28(32)33-2)24(25-26(30-16)19-10-6-7-11-20(19)27(25)31)18-12-13-22(21(29)14-18)34-15-17-8-4-3-5-9-17/h3-14,24,30H,15H2,1-2H3/t24-/m0/s1. The number of ether oxygens (including phenoxy) is 2. The lowest BCUT2D eigenvalue weighted by Crippen LogP contribution is -2.29. The molecule has 0 saturated heterocycles. The van der Waals surface area contributed by atoms with E-state index in [4.69, 9.17) is 21.1 Å². The highest BCUT2D eigenvalue weighted by atomic mass is 35.5. The minimum atomic E-state index is -0.621. The third-order valence-electron chi connectivity index (χ3n) is 6.18. The van der Waals surface area contributed by atoms with Gasteiger partial charge >= 0.3 is 5.97 Å². The second-order valence-corrected chi connectivity index (χ2v) is 8.62. The Balaban J connectivity index is 1.55. The van der Waals surface area contributed by atoms with Gasteiger partial charge in [-0.3, -0.25) is 4.79 Å². The Morgan fingerprint density at radius 1 is 1.00 bits per heavy atom. The van der Waals surface area contributed by atoms with Crippen LogP contribution in [0.25, 0.3) is 5.70 Å². The zero-order valence-corrected chi connectivity index (χ0v) is 19.5. The fourth-order valence-electron chi connectivity index (χ4n) is 4.59. The van der Waals surface area contributed by atoms with Crippen LogP contribution < -0.4 is 10.1 Å². The third-order valence-corrected chi connectivity index (χ3v) is 6.48. The van der Waals surface area contributed by atoms with Crippen molar-refractivity contribution in [2.45, 2.75) is 19.4 Å². The van der Waals surface area contributed by atoms with Crippen LogP contribution in [0, 0.1) is 0 Å². The molecule has 6 heteroatoms. The number of carbonyl (C=O) groups is 2. The summed E-state index contributed by atoms with van der Waals surface area (Å²) in [6.45, 7) is 2.19. The first-order chi connectivity index (χ1) is 16.5. The number of allylic oxidation sites excluding steroid dienone is 2. The highest BCUT2D eigenvalue weighted by Gasteiger charge is 2.42. The van der Waals surface area contributed by atoms with Crippen molar-refractivity contribution in [2.24, 2.45) is 0 Å². The van der Waals surface area contributed by atoms with Crippen molar-refractivity contribution < 1.29 is 19.1 Å². The van der Waals surface area contributed by atoms with Crippen molar-refractivity contribution in [1.82, 2.24) is 5.32 Å². The van der Waals surface area contributed by atoms with Crippen molar-refractivity contribution in [3.8, 4) is 5.75 Å². The first-order valence-electron chi connectivity index (χ1n) is 10.9. The minimum absolute atomic E-state index is 0.113. The van der Waals surface area contributed by atoms with Crippen molar-refractivity contribution in [3.63, 3.8) is 0 Å². The number of benzene rings is 3. The van der Waals surface area contributed by atoms with E-state index in [9.17, 15) is 9.59 Å². The third kappa shape index (κ3) is 3.68. The number of esters is 1. The number of hydrogen-bond acceptors (Lipinski definition) is 5. The molecule has 5 rings (SSSR count). The van der Waals surface area contributed by atoms with Crippen molar-refractivity contribution >= 4 is 29.1 Å². The van der Waals surface area contributed by atoms with Crippen LogP contribution in [0.4, 0.5) is 0 Å². The van der Waals surface area contributed by atoms with Crippen LogP contribution in [0.3, 0.4) is 0 Å². The number of halogens is 1. The van der Waals surface area contributed by atoms with Gasteiger partial charge < -0.3 is 14.8 Å². The molecule has 3 aromatic carbocycles. The van der Waals surface area contributed by atoms with Gasteiger partial charge in [0.2, 0.25) is 0 Å². The van der Waals surface area contributed by atoms with Crippen molar-refractivity contribution in [3.05, 3.63) is 117 Å². The van der Waals surface area contributed by atoms with Gasteiger partial charge in [-0.15, -0.1) is 0 Å². The SMILES string of the molecule is COC(=O)C1=C(C)NC2=C(C(=O)c3ccccc32)[C@H]1c1ccc(OCc2ccccc2)c(Cl)c1. The molecule has 1 atom stereocenters. The summed E-state index contributed by atoms with van der Waals surface area (Å²) in [5.74, 6) is -0.702. The van der Waals surface area contributed by atoms with Crippen LogP contribution >= 0.6 is 11.6 Å². The molecular formula is C28H22ClNO4. The van der Waals surface area contributed by atoms with Gasteiger partial charge in [0, 0.05) is 28.3 Å². The molecule has 0 saturated carbocycles. The fraction of sp³-hybridized carbons (Fsp3) is 0.143. The van der Waals surface area contributed by atoms with Gasteiger partial charge in [-0.2, -0.15) is 0 Å². The second kappa shape index (κ2) is 8.84. The summed E-state index contributed by atoms with van der Waals surface area (Å²) in [4.78, 5) is 26.3. The largest absolute Gasteiger partial charge is 0.487 e. The topological polar surface area (TPSA) is 64.6 Å². The maximum Gasteiger partial charge on any atom is 0.336 e. The van der Waals surface area contributed by atoms with Gasteiger partial charge in [0.15, 0.2) is 5.78 Å². The number of methoxy groups -OCH3 is 1. The van der Waals surface area contributed by atoms with Gasteiger partial charge in [0.05, 0.1) is 23.4 Å². The summed E-state index contributed by atoms with van der Waals surface area (Å²) in [5.41, 5.74) is 5.43. The Morgan fingerprint density at radius 3 is 2.41 bits per heavy atom. The van der Waals surface area contributed by atoms with Gasteiger partial charge in [-0.05, 0) is 30.2 Å². The monoisotopic (exact) mass is 471 g/mol. The molecule has 1 aliphatic carbocycles. The van der Waals surface area contributed by atoms with Gasteiger partial charge in [-0.25, -0.2) is 4.79 Å². The molecule has 0 radical (unpaired) electrons. The molecule has 0 amide bonds. The van der Waals surface area contributed by atoms with Crippen molar-refractivity contribution in [1.29, 1.82) is 0 Å². The molecular weight excluding hydrogens is 450 g/mol.